The van der Waals surface area contributed by atoms with Crippen LogP contribution in [-0.4, -0.2) is 42.2 Å². The molecule has 6 rings (SSSR count). The molecular formula is C29H25N3O3S. The smallest absolute Gasteiger partial charge is 0.410 e. The van der Waals surface area contributed by atoms with Crippen LogP contribution in [0.1, 0.15) is 5.56 Å². The fourth-order valence-electron chi connectivity index (χ4n) is 4.40. The van der Waals surface area contributed by atoms with Crippen LogP contribution in [0.25, 0.3) is 21.9 Å². The van der Waals surface area contributed by atoms with Crippen molar-refractivity contribution in [3.63, 3.8) is 0 Å². The molecule has 1 saturated heterocycles. The van der Waals surface area contributed by atoms with Gasteiger partial charge in [0.25, 0.3) is 6.01 Å². The first-order valence-electron chi connectivity index (χ1n) is 12.0. The highest BCUT2D eigenvalue weighted by Gasteiger charge is 2.25. The van der Waals surface area contributed by atoms with Crippen LogP contribution < -0.4 is 4.90 Å². The third-order valence-electron chi connectivity index (χ3n) is 6.34. The molecule has 1 aromatic heterocycles. The summed E-state index contributed by atoms with van der Waals surface area (Å²) in [5.41, 5.74) is 2.57. The summed E-state index contributed by atoms with van der Waals surface area (Å²) in [6.07, 6.45) is -0.286. The second-order valence-electron chi connectivity index (χ2n) is 8.72. The summed E-state index contributed by atoms with van der Waals surface area (Å²) >= 11 is 1.73. The molecule has 1 fully saturated rings. The molecule has 6 nitrogen and oxygen atoms in total. The van der Waals surface area contributed by atoms with Gasteiger partial charge in [0.05, 0.1) is 0 Å². The Kier molecular flexibility index (Phi) is 6.22. The summed E-state index contributed by atoms with van der Waals surface area (Å²) < 4.78 is 11.5. The average Bonchev–Trinajstić information content (AvgIpc) is 3.36. The van der Waals surface area contributed by atoms with Crippen molar-refractivity contribution in [2.75, 3.05) is 31.1 Å². The van der Waals surface area contributed by atoms with E-state index in [4.69, 9.17) is 14.1 Å². The Balaban J connectivity index is 1.10. The third kappa shape index (κ3) is 4.75. The second kappa shape index (κ2) is 9.95. The quantitative estimate of drug-likeness (QED) is 0.274. The number of aromatic nitrogens is 1. The topological polar surface area (TPSA) is 58.8 Å². The molecule has 4 aromatic carbocycles. The third-order valence-corrected chi connectivity index (χ3v) is 7.40. The molecule has 0 N–H and O–H groups in total. The summed E-state index contributed by atoms with van der Waals surface area (Å²) in [4.78, 5) is 23.4. The fourth-order valence-corrected chi connectivity index (χ4v) is 5.40. The molecule has 0 aliphatic carbocycles. The van der Waals surface area contributed by atoms with Gasteiger partial charge in [-0.1, -0.05) is 78.5 Å². The zero-order valence-electron chi connectivity index (χ0n) is 19.7. The summed E-state index contributed by atoms with van der Waals surface area (Å²) in [5, 5.41) is 2.47. The molecule has 0 radical (unpaired) electrons. The van der Waals surface area contributed by atoms with Gasteiger partial charge in [-0.15, -0.1) is 0 Å². The molecule has 0 unspecified atom stereocenters. The van der Waals surface area contributed by atoms with Crippen LogP contribution in [0.3, 0.4) is 0 Å². The predicted octanol–water partition coefficient (Wildman–Crippen LogP) is 6.59. The molecular weight excluding hydrogens is 470 g/mol. The van der Waals surface area contributed by atoms with E-state index in [0.717, 1.165) is 21.6 Å². The lowest BCUT2D eigenvalue weighted by atomic mass is 10.1. The number of hydrogen-bond donors (Lipinski definition) is 0. The summed E-state index contributed by atoms with van der Waals surface area (Å²) in [7, 11) is 0. The van der Waals surface area contributed by atoms with Gasteiger partial charge in [-0.3, -0.25) is 0 Å². The molecule has 0 saturated carbocycles. The Morgan fingerprint density at radius 3 is 2.53 bits per heavy atom. The number of rotatable bonds is 5. The van der Waals surface area contributed by atoms with Crippen LogP contribution >= 0.6 is 11.8 Å². The van der Waals surface area contributed by atoms with Crippen LogP contribution in [0, 0.1) is 0 Å². The van der Waals surface area contributed by atoms with E-state index in [1.165, 1.54) is 15.7 Å². The number of amides is 1. The van der Waals surface area contributed by atoms with Crippen molar-refractivity contribution in [2.45, 2.75) is 16.4 Å². The normalized spacial score (nSPS) is 13.9. The molecule has 36 heavy (non-hydrogen) atoms. The Bertz CT molecular complexity index is 1510. The minimum atomic E-state index is -0.286. The summed E-state index contributed by atoms with van der Waals surface area (Å²) in [6.45, 7) is 2.70. The fraction of sp³-hybridized carbons (Fsp3) is 0.172. The molecule has 0 spiro atoms. The number of anilines is 1. The Morgan fingerprint density at radius 2 is 1.67 bits per heavy atom. The number of fused-ring (bicyclic) bond motifs is 2. The molecule has 1 aliphatic heterocycles. The van der Waals surface area contributed by atoms with Crippen LogP contribution in [0.4, 0.5) is 10.8 Å². The van der Waals surface area contributed by atoms with E-state index in [9.17, 15) is 4.79 Å². The molecule has 0 atom stereocenters. The van der Waals surface area contributed by atoms with E-state index in [2.05, 4.69) is 59.5 Å². The highest BCUT2D eigenvalue weighted by Crippen LogP contribution is 2.35. The lowest BCUT2D eigenvalue weighted by molar-refractivity contribution is 0.0938. The predicted molar refractivity (Wildman–Crippen MR) is 142 cm³/mol. The number of benzene rings is 4. The van der Waals surface area contributed by atoms with E-state index in [-0.39, 0.29) is 12.7 Å². The Labute approximate surface area is 213 Å². The van der Waals surface area contributed by atoms with Gasteiger partial charge in [-0.25, -0.2) is 4.79 Å². The van der Waals surface area contributed by atoms with E-state index >= 15 is 0 Å². The first-order valence-corrected chi connectivity index (χ1v) is 12.8. The number of oxazole rings is 1. The van der Waals surface area contributed by atoms with Gasteiger partial charge in [-0.2, -0.15) is 4.98 Å². The summed E-state index contributed by atoms with van der Waals surface area (Å²) in [6, 6.07) is 31.2. The summed E-state index contributed by atoms with van der Waals surface area (Å²) in [5.74, 6) is 0. The van der Waals surface area contributed by atoms with Gasteiger partial charge in [0.15, 0.2) is 5.58 Å². The zero-order valence-corrected chi connectivity index (χ0v) is 20.5. The van der Waals surface area contributed by atoms with Gasteiger partial charge in [-0.05, 0) is 40.6 Å². The first-order chi connectivity index (χ1) is 17.7. The van der Waals surface area contributed by atoms with Crippen LogP contribution in [0.2, 0.25) is 0 Å². The lowest BCUT2D eigenvalue weighted by Gasteiger charge is -2.33. The molecule has 2 heterocycles. The van der Waals surface area contributed by atoms with Gasteiger partial charge in [0.2, 0.25) is 0 Å². The van der Waals surface area contributed by atoms with E-state index in [0.29, 0.717) is 32.2 Å². The van der Waals surface area contributed by atoms with Crippen LogP contribution in [0.15, 0.2) is 105 Å². The molecule has 0 bridgehead atoms. The van der Waals surface area contributed by atoms with Crippen molar-refractivity contribution in [1.82, 2.24) is 9.88 Å². The van der Waals surface area contributed by atoms with Gasteiger partial charge < -0.3 is 19.0 Å². The largest absolute Gasteiger partial charge is 0.445 e. The van der Waals surface area contributed by atoms with Gasteiger partial charge >= 0.3 is 6.09 Å². The SMILES string of the molecule is O=C(OCc1ccccc1)N1CCN(c2nc3cc(Sc4cccc5ccccc45)ccc3o2)CC1. The molecule has 180 valence electrons. The van der Waals surface area contributed by atoms with Gasteiger partial charge in [0.1, 0.15) is 12.1 Å². The van der Waals surface area contributed by atoms with Crippen LogP contribution in [-0.2, 0) is 11.3 Å². The zero-order chi connectivity index (χ0) is 24.3. The number of hydrogen-bond acceptors (Lipinski definition) is 6. The Hall–Kier alpha value is -3.97. The monoisotopic (exact) mass is 495 g/mol. The lowest BCUT2D eigenvalue weighted by Crippen LogP contribution is -2.49. The van der Waals surface area contributed by atoms with E-state index in [1.54, 1.807) is 16.7 Å². The van der Waals surface area contributed by atoms with E-state index < -0.39 is 0 Å². The van der Waals surface area contributed by atoms with Crippen molar-refractivity contribution >= 4 is 45.7 Å². The second-order valence-corrected chi connectivity index (χ2v) is 9.83. The standard InChI is InChI=1S/C29H25N3O3S/c33-29(34-20-21-7-2-1-3-8-21)32-17-15-31(16-18-32)28-30-25-19-23(13-14-26(25)35-28)36-27-12-6-10-22-9-4-5-11-24(22)27/h1-14,19H,15-18,20H2. The van der Waals surface area contributed by atoms with Crippen molar-refractivity contribution in [3.8, 4) is 0 Å². The minimum absolute atomic E-state index is 0.282. The number of nitrogens with zero attached hydrogens (tertiary/aromatic N) is 3. The molecule has 5 aromatic rings. The maximum Gasteiger partial charge on any atom is 0.410 e. The Morgan fingerprint density at radius 1 is 0.889 bits per heavy atom. The van der Waals surface area contributed by atoms with Crippen molar-refractivity contribution in [1.29, 1.82) is 0 Å². The molecule has 1 amide bonds. The average molecular weight is 496 g/mol. The van der Waals surface area contributed by atoms with Crippen molar-refractivity contribution < 1.29 is 13.9 Å². The number of carbonyl (C=O) groups excluding carboxylic acids is 1. The van der Waals surface area contributed by atoms with Crippen molar-refractivity contribution in [2.24, 2.45) is 0 Å². The van der Waals surface area contributed by atoms with E-state index in [1.807, 2.05) is 36.4 Å². The number of carbonyl (C=O) groups is 1. The van der Waals surface area contributed by atoms with Crippen molar-refractivity contribution in [3.05, 3.63) is 96.6 Å². The van der Waals surface area contributed by atoms with Gasteiger partial charge in [0, 0.05) is 36.0 Å². The highest BCUT2D eigenvalue weighted by molar-refractivity contribution is 7.99. The molecule has 7 heteroatoms. The number of ether oxygens (including phenoxy) is 1. The first kappa shape index (κ1) is 22.5. The maximum absolute atomic E-state index is 12.5. The molecule has 1 aliphatic rings. The number of piperazine rings is 1. The van der Waals surface area contributed by atoms with Crippen LogP contribution in [0.5, 0.6) is 0 Å². The maximum atomic E-state index is 12.5. The highest BCUT2D eigenvalue weighted by atomic mass is 32.2. The minimum Gasteiger partial charge on any atom is -0.445 e.